The maximum atomic E-state index is 11.9. The van der Waals surface area contributed by atoms with Gasteiger partial charge in [0.15, 0.2) is 0 Å². The van der Waals surface area contributed by atoms with Crippen molar-refractivity contribution in [2.75, 3.05) is 7.11 Å². The predicted octanol–water partition coefficient (Wildman–Crippen LogP) is 2.73. The molecule has 0 spiro atoms. The monoisotopic (exact) mass is 312 g/mol. The first-order chi connectivity index (χ1) is 9.99. The van der Waals surface area contributed by atoms with Gasteiger partial charge in [-0.15, -0.1) is 0 Å². The number of carbonyl (C=O) groups excluding carboxylic acids is 2. The minimum atomic E-state index is -0.661. The molecule has 2 atom stereocenters. The van der Waals surface area contributed by atoms with Crippen LogP contribution in [0.3, 0.4) is 0 Å². The normalized spacial score (nSPS) is 13.1. The van der Waals surface area contributed by atoms with E-state index in [-0.39, 0.29) is 5.92 Å². The molecule has 0 aliphatic carbocycles. The van der Waals surface area contributed by atoms with Crippen molar-refractivity contribution in [3.05, 3.63) is 34.9 Å². The molecule has 1 aromatic carbocycles. The lowest BCUT2D eigenvalue weighted by Gasteiger charge is -2.22. The second kappa shape index (κ2) is 8.52. The van der Waals surface area contributed by atoms with E-state index < -0.39 is 18.0 Å². The van der Waals surface area contributed by atoms with Gasteiger partial charge in [-0.05, 0) is 17.5 Å². The third-order valence-corrected chi connectivity index (χ3v) is 3.72. The number of rotatable bonds is 6. The number of amides is 2. The number of ether oxygens (including phenoxy) is 1. The van der Waals surface area contributed by atoms with Gasteiger partial charge in [0.05, 0.1) is 7.11 Å². The van der Waals surface area contributed by atoms with Gasteiger partial charge < -0.3 is 15.4 Å². The lowest BCUT2D eigenvalue weighted by atomic mass is 9.99. The molecule has 0 saturated heterocycles. The number of esters is 1. The van der Waals surface area contributed by atoms with Crippen molar-refractivity contribution in [1.82, 2.24) is 10.6 Å². The van der Waals surface area contributed by atoms with E-state index in [4.69, 9.17) is 16.3 Å². The maximum Gasteiger partial charge on any atom is 0.328 e. The molecule has 5 nitrogen and oxygen atoms in total. The number of nitrogens with one attached hydrogen (secondary N) is 2. The molecule has 1 rings (SSSR count). The highest BCUT2D eigenvalue weighted by Gasteiger charge is 2.26. The molecule has 0 fully saturated rings. The Morgan fingerprint density at radius 2 is 2.00 bits per heavy atom. The molecular weight excluding hydrogens is 292 g/mol. The van der Waals surface area contributed by atoms with Crippen molar-refractivity contribution in [3.63, 3.8) is 0 Å². The van der Waals surface area contributed by atoms with Gasteiger partial charge in [0.25, 0.3) is 0 Å². The average Bonchev–Trinajstić information content (AvgIpc) is 2.50. The maximum absolute atomic E-state index is 11.9. The topological polar surface area (TPSA) is 67.4 Å². The van der Waals surface area contributed by atoms with Crippen LogP contribution in [0.25, 0.3) is 0 Å². The number of hydrogen-bond acceptors (Lipinski definition) is 3. The summed E-state index contributed by atoms with van der Waals surface area (Å²) in [4.78, 5) is 23.6. The summed E-state index contributed by atoms with van der Waals surface area (Å²) >= 11 is 6.01. The molecule has 2 N–H and O–H groups in total. The van der Waals surface area contributed by atoms with E-state index in [1.54, 1.807) is 6.07 Å². The average molecular weight is 313 g/mol. The van der Waals surface area contributed by atoms with Crippen LogP contribution in [0.15, 0.2) is 24.3 Å². The standard InChI is InChI=1S/C15H21ClN2O3/c1-4-10(2)13(14(19)21-3)18-15(20)17-9-11-7-5-6-8-12(11)16/h5-8,10,13H,4,9H2,1-3H3,(H2,17,18,20)/t10-,13-/m0/s1. The third-order valence-electron chi connectivity index (χ3n) is 3.35. The molecule has 0 saturated carbocycles. The first-order valence-corrected chi connectivity index (χ1v) is 7.23. The summed E-state index contributed by atoms with van der Waals surface area (Å²) in [6, 6.07) is 6.17. The van der Waals surface area contributed by atoms with E-state index in [2.05, 4.69) is 10.6 Å². The van der Waals surface area contributed by atoms with Gasteiger partial charge >= 0.3 is 12.0 Å². The quantitative estimate of drug-likeness (QED) is 0.794. The molecule has 0 unspecified atom stereocenters. The highest BCUT2D eigenvalue weighted by atomic mass is 35.5. The van der Waals surface area contributed by atoms with Crippen LogP contribution in [0.5, 0.6) is 0 Å². The number of urea groups is 1. The molecule has 116 valence electrons. The Morgan fingerprint density at radius 3 is 2.57 bits per heavy atom. The van der Waals surface area contributed by atoms with Crippen molar-refractivity contribution in [3.8, 4) is 0 Å². The minimum Gasteiger partial charge on any atom is -0.467 e. The predicted molar refractivity (Wildman–Crippen MR) is 82.1 cm³/mol. The SMILES string of the molecule is CC[C@H](C)[C@H](NC(=O)NCc1ccccc1Cl)C(=O)OC. The fourth-order valence-electron chi connectivity index (χ4n) is 1.81. The summed E-state index contributed by atoms with van der Waals surface area (Å²) in [6.45, 7) is 4.12. The summed E-state index contributed by atoms with van der Waals surface area (Å²) in [7, 11) is 1.31. The van der Waals surface area contributed by atoms with Crippen LogP contribution in [0.1, 0.15) is 25.8 Å². The zero-order valence-corrected chi connectivity index (χ0v) is 13.2. The Bertz CT molecular complexity index is 494. The minimum absolute atomic E-state index is 0.0106. The molecule has 0 aliphatic heterocycles. The van der Waals surface area contributed by atoms with Gasteiger partial charge in [0.2, 0.25) is 0 Å². The van der Waals surface area contributed by atoms with Crippen LogP contribution in [0.2, 0.25) is 5.02 Å². The zero-order chi connectivity index (χ0) is 15.8. The fraction of sp³-hybridized carbons (Fsp3) is 0.467. The Hall–Kier alpha value is -1.75. The summed E-state index contributed by atoms with van der Waals surface area (Å²) in [6.07, 6.45) is 0.755. The van der Waals surface area contributed by atoms with Crippen LogP contribution in [0, 0.1) is 5.92 Å². The third kappa shape index (κ3) is 5.27. The molecule has 0 heterocycles. The highest BCUT2D eigenvalue weighted by Crippen LogP contribution is 2.14. The molecular formula is C15H21ClN2O3. The second-order valence-electron chi connectivity index (χ2n) is 4.80. The number of benzene rings is 1. The Kier molecular flexibility index (Phi) is 7.02. The molecule has 0 aliphatic rings. The van der Waals surface area contributed by atoms with Crippen molar-refractivity contribution in [2.45, 2.75) is 32.9 Å². The van der Waals surface area contributed by atoms with Gasteiger partial charge in [-0.1, -0.05) is 50.1 Å². The number of hydrogen-bond donors (Lipinski definition) is 2. The highest BCUT2D eigenvalue weighted by molar-refractivity contribution is 6.31. The van der Waals surface area contributed by atoms with E-state index in [0.29, 0.717) is 11.6 Å². The van der Waals surface area contributed by atoms with Gasteiger partial charge in [0, 0.05) is 11.6 Å². The van der Waals surface area contributed by atoms with Crippen LogP contribution in [0.4, 0.5) is 4.79 Å². The van der Waals surface area contributed by atoms with Crippen molar-refractivity contribution in [1.29, 1.82) is 0 Å². The fourth-order valence-corrected chi connectivity index (χ4v) is 2.01. The smallest absolute Gasteiger partial charge is 0.328 e. The summed E-state index contributed by atoms with van der Waals surface area (Å²) in [5, 5.41) is 5.91. The molecule has 0 bridgehead atoms. The lowest BCUT2D eigenvalue weighted by Crippen LogP contribution is -2.49. The van der Waals surface area contributed by atoms with Crippen molar-refractivity contribution < 1.29 is 14.3 Å². The van der Waals surface area contributed by atoms with Gasteiger partial charge in [-0.3, -0.25) is 0 Å². The van der Waals surface area contributed by atoms with E-state index in [1.807, 2.05) is 32.0 Å². The lowest BCUT2D eigenvalue weighted by molar-refractivity contribution is -0.144. The Morgan fingerprint density at radius 1 is 1.33 bits per heavy atom. The molecule has 6 heteroatoms. The van der Waals surface area contributed by atoms with E-state index >= 15 is 0 Å². The first-order valence-electron chi connectivity index (χ1n) is 6.85. The molecule has 0 radical (unpaired) electrons. The molecule has 0 aromatic heterocycles. The molecule has 21 heavy (non-hydrogen) atoms. The van der Waals surface area contributed by atoms with Crippen LogP contribution < -0.4 is 10.6 Å². The Labute approximate surface area is 130 Å². The second-order valence-corrected chi connectivity index (χ2v) is 5.21. The van der Waals surface area contributed by atoms with E-state index in [1.165, 1.54) is 7.11 Å². The number of carbonyl (C=O) groups is 2. The Balaban J connectivity index is 2.58. The van der Waals surface area contributed by atoms with Crippen LogP contribution >= 0.6 is 11.6 Å². The molecule has 1 aromatic rings. The number of halogens is 1. The van der Waals surface area contributed by atoms with Crippen molar-refractivity contribution in [2.24, 2.45) is 5.92 Å². The van der Waals surface area contributed by atoms with Crippen LogP contribution in [-0.4, -0.2) is 25.2 Å². The van der Waals surface area contributed by atoms with Gasteiger partial charge in [-0.2, -0.15) is 0 Å². The summed E-state index contributed by atoms with van der Waals surface area (Å²) < 4.78 is 4.72. The van der Waals surface area contributed by atoms with Gasteiger partial charge in [-0.25, -0.2) is 9.59 Å². The van der Waals surface area contributed by atoms with E-state index in [0.717, 1.165) is 12.0 Å². The zero-order valence-electron chi connectivity index (χ0n) is 12.5. The summed E-state index contributed by atoms with van der Waals surface area (Å²) in [5.41, 5.74) is 0.812. The van der Waals surface area contributed by atoms with Crippen molar-refractivity contribution >= 4 is 23.6 Å². The van der Waals surface area contributed by atoms with E-state index in [9.17, 15) is 9.59 Å². The largest absolute Gasteiger partial charge is 0.467 e. The van der Waals surface area contributed by atoms with Gasteiger partial charge in [0.1, 0.15) is 6.04 Å². The van der Waals surface area contributed by atoms with Crippen LogP contribution in [-0.2, 0) is 16.1 Å². The molecule has 2 amide bonds. The first kappa shape index (κ1) is 17.3. The number of methoxy groups -OCH3 is 1. The summed E-state index contributed by atoms with van der Waals surface area (Å²) in [5.74, 6) is -0.458.